The number of rotatable bonds is 6. The minimum Gasteiger partial charge on any atom is -0.396 e. The van der Waals surface area contributed by atoms with Gasteiger partial charge in [-0.1, -0.05) is 39.3 Å². The molecule has 1 amide bonds. The fraction of sp³-hybridized carbons (Fsp3) is 0.500. The van der Waals surface area contributed by atoms with E-state index in [1.54, 1.807) is 6.07 Å². The van der Waals surface area contributed by atoms with Gasteiger partial charge in [0.2, 0.25) is 5.91 Å². The first kappa shape index (κ1) is 19.9. The second kappa shape index (κ2) is 7.26. The Balaban J connectivity index is 2.00. The smallest absolute Gasteiger partial charge is 0.291 e. The molecule has 3 rings (SSSR count). The first-order chi connectivity index (χ1) is 12.6. The van der Waals surface area contributed by atoms with Crippen LogP contribution >= 0.6 is 22.9 Å². The molecule has 27 heavy (non-hydrogen) atoms. The van der Waals surface area contributed by atoms with Crippen molar-refractivity contribution in [1.29, 1.82) is 0 Å². The van der Waals surface area contributed by atoms with Gasteiger partial charge in [0, 0.05) is 24.5 Å². The highest BCUT2D eigenvalue weighted by Gasteiger charge is 2.21. The van der Waals surface area contributed by atoms with E-state index in [9.17, 15) is 14.7 Å². The highest BCUT2D eigenvalue weighted by atomic mass is 35.5. The predicted molar refractivity (Wildman–Crippen MR) is 108 cm³/mol. The summed E-state index contributed by atoms with van der Waals surface area (Å²) in [5.41, 5.74) is 0.590. The molecule has 0 aliphatic carbocycles. The molecule has 0 spiro atoms. The van der Waals surface area contributed by atoms with Gasteiger partial charge in [0.05, 0.1) is 14.6 Å². The van der Waals surface area contributed by atoms with Crippen LogP contribution in [0.5, 0.6) is 0 Å². The Hall–Kier alpha value is -1.90. The van der Waals surface area contributed by atoms with Crippen LogP contribution in [0.2, 0.25) is 4.34 Å². The fourth-order valence-electron chi connectivity index (χ4n) is 2.78. The van der Waals surface area contributed by atoms with E-state index in [4.69, 9.17) is 11.6 Å². The lowest BCUT2D eigenvalue weighted by Gasteiger charge is -2.22. The van der Waals surface area contributed by atoms with Crippen molar-refractivity contribution in [1.82, 2.24) is 19.5 Å². The molecule has 2 N–H and O–H groups in total. The maximum atomic E-state index is 12.9. The third-order valence-corrected chi connectivity index (χ3v) is 5.57. The molecule has 3 heterocycles. The molecule has 0 radical (unpaired) electrons. The first-order valence-corrected chi connectivity index (χ1v) is 9.91. The molecular formula is C18H23ClN4O3S. The Bertz CT molecular complexity index is 1060. The van der Waals surface area contributed by atoms with Gasteiger partial charge in [-0.05, 0) is 12.1 Å². The first-order valence-electron chi connectivity index (χ1n) is 8.72. The third-order valence-electron chi connectivity index (χ3n) is 4.37. The zero-order valence-corrected chi connectivity index (χ0v) is 17.3. The summed E-state index contributed by atoms with van der Waals surface area (Å²) in [6.07, 6.45) is 0. The molecule has 3 aromatic rings. The minimum atomic E-state index is -0.424. The Morgan fingerprint density at radius 1 is 1.37 bits per heavy atom. The standard InChI is InChI=1S/C18H23ClN4O3S/c1-10(2)16-21-22(7-15(25)20-8-18(3,4)9-24)17(26)12-5-13-11(23(12)16)6-14(19)27-13/h5-6,10,24H,7-9H2,1-4H3,(H,20,25). The minimum absolute atomic E-state index is 0.0433. The van der Waals surface area contributed by atoms with E-state index >= 15 is 0 Å². The highest BCUT2D eigenvalue weighted by molar-refractivity contribution is 7.22. The number of nitrogens with zero attached hydrogens (tertiary/aromatic N) is 3. The van der Waals surface area contributed by atoms with E-state index in [2.05, 4.69) is 10.4 Å². The second-order valence-corrected chi connectivity index (χ2v) is 9.45. The average molecular weight is 411 g/mol. The number of hydrogen-bond donors (Lipinski definition) is 2. The predicted octanol–water partition coefficient (Wildman–Crippen LogP) is 2.62. The molecule has 0 bridgehead atoms. The number of aliphatic hydroxyl groups excluding tert-OH is 1. The van der Waals surface area contributed by atoms with E-state index in [1.807, 2.05) is 38.2 Å². The lowest BCUT2D eigenvalue weighted by atomic mass is 9.95. The number of halogens is 1. The number of carbonyl (C=O) groups excluding carboxylic acids is 1. The van der Waals surface area contributed by atoms with Crippen LogP contribution in [0.4, 0.5) is 0 Å². The third kappa shape index (κ3) is 3.88. The topological polar surface area (TPSA) is 88.6 Å². The summed E-state index contributed by atoms with van der Waals surface area (Å²) in [6.45, 7) is 7.77. The van der Waals surface area contributed by atoms with Crippen LogP contribution in [0.15, 0.2) is 16.9 Å². The number of fused-ring (bicyclic) bond motifs is 3. The van der Waals surface area contributed by atoms with Crippen molar-refractivity contribution in [2.24, 2.45) is 5.41 Å². The van der Waals surface area contributed by atoms with Crippen LogP contribution in [-0.4, -0.2) is 38.3 Å². The summed E-state index contributed by atoms with van der Waals surface area (Å²) in [5, 5.41) is 16.5. The zero-order chi connectivity index (χ0) is 19.9. The molecule has 7 nitrogen and oxygen atoms in total. The monoisotopic (exact) mass is 410 g/mol. The number of carbonyl (C=O) groups is 1. The molecule has 0 saturated carbocycles. The van der Waals surface area contributed by atoms with E-state index in [1.165, 1.54) is 16.0 Å². The maximum absolute atomic E-state index is 12.9. The molecule has 0 unspecified atom stereocenters. The van der Waals surface area contributed by atoms with Gasteiger partial charge in [-0.3, -0.25) is 14.0 Å². The lowest BCUT2D eigenvalue weighted by molar-refractivity contribution is -0.122. The molecule has 0 atom stereocenters. The van der Waals surface area contributed by atoms with Crippen molar-refractivity contribution in [2.75, 3.05) is 13.2 Å². The normalized spacial score (nSPS) is 12.4. The van der Waals surface area contributed by atoms with Crippen LogP contribution in [0.25, 0.3) is 15.7 Å². The number of amides is 1. The van der Waals surface area contributed by atoms with Gasteiger partial charge in [-0.2, -0.15) is 5.10 Å². The van der Waals surface area contributed by atoms with Gasteiger partial charge in [0.25, 0.3) is 5.56 Å². The molecule has 3 aromatic heterocycles. The Kier molecular flexibility index (Phi) is 5.33. The SMILES string of the molecule is CC(C)c1nn(CC(=O)NCC(C)(C)CO)c(=O)c2cc3sc(Cl)cc3n12. The summed E-state index contributed by atoms with van der Waals surface area (Å²) in [7, 11) is 0. The highest BCUT2D eigenvalue weighted by Crippen LogP contribution is 2.32. The van der Waals surface area contributed by atoms with Crippen LogP contribution in [0.1, 0.15) is 39.4 Å². The van der Waals surface area contributed by atoms with Crippen LogP contribution in [0.3, 0.4) is 0 Å². The van der Waals surface area contributed by atoms with Crippen LogP contribution in [0, 0.1) is 5.41 Å². The molecule has 146 valence electrons. The van der Waals surface area contributed by atoms with Crippen molar-refractivity contribution in [2.45, 2.75) is 40.2 Å². The molecule has 0 aliphatic rings. The number of nitrogens with one attached hydrogen (secondary N) is 1. The van der Waals surface area contributed by atoms with E-state index in [0.29, 0.717) is 22.2 Å². The second-order valence-electron chi connectivity index (χ2n) is 7.74. The molecule has 0 saturated heterocycles. The molecule has 0 fully saturated rings. The summed E-state index contributed by atoms with van der Waals surface area (Å²) in [6, 6.07) is 3.63. The number of aliphatic hydroxyl groups is 1. The van der Waals surface area contributed by atoms with Gasteiger partial charge in [0.15, 0.2) is 0 Å². The van der Waals surface area contributed by atoms with Gasteiger partial charge >= 0.3 is 0 Å². The summed E-state index contributed by atoms with van der Waals surface area (Å²) in [5.74, 6) is 0.421. The Morgan fingerprint density at radius 3 is 2.70 bits per heavy atom. The molecule has 9 heteroatoms. The van der Waals surface area contributed by atoms with Crippen molar-refractivity contribution in [3.63, 3.8) is 0 Å². The van der Waals surface area contributed by atoms with Gasteiger partial charge in [-0.15, -0.1) is 11.3 Å². The largest absolute Gasteiger partial charge is 0.396 e. The average Bonchev–Trinajstić information content (AvgIpc) is 3.12. The molecular weight excluding hydrogens is 388 g/mol. The number of thiophene rings is 1. The Labute approximate surface area is 165 Å². The Morgan fingerprint density at radius 2 is 2.07 bits per heavy atom. The van der Waals surface area contributed by atoms with Crippen molar-refractivity contribution in [3.05, 3.63) is 32.6 Å². The van der Waals surface area contributed by atoms with Gasteiger partial charge in [-0.25, -0.2) is 4.68 Å². The maximum Gasteiger partial charge on any atom is 0.291 e. The zero-order valence-electron chi connectivity index (χ0n) is 15.7. The lowest BCUT2D eigenvalue weighted by Crippen LogP contribution is -2.40. The van der Waals surface area contributed by atoms with E-state index in [0.717, 1.165) is 10.2 Å². The van der Waals surface area contributed by atoms with Crippen LogP contribution < -0.4 is 10.9 Å². The van der Waals surface area contributed by atoms with Crippen LogP contribution in [-0.2, 0) is 11.3 Å². The van der Waals surface area contributed by atoms with E-state index < -0.39 is 5.41 Å². The number of aromatic nitrogens is 3. The van der Waals surface area contributed by atoms with Crippen molar-refractivity contribution >= 4 is 44.6 Å². The molecule has 0 aromatic carbocycles. The molecule has 0 aliphatic heterocycles. The summed E-state index contributed by atoms with van der Waals surface area (Å²) < 4.78 is 4.59. The summed E-state index contributed by atoms with van der Waals surface area (Å²) in [4.78, 5) is 25.2. The van der Waals surface area contributed by atoms with Crippen molar-refractivity contribution < 1.29 is 9.90 Å². The fourth-order valence-corrected chi connectivity index (χ4v) is 3.94. The summed E-state index contributed by atoms with van der Waals surface area (Å²) >= 11 is 7.52. The quantitative estimate of drug-likeness (QED) is 0.653. The van der Waals surface area contributed by atoms with Gasteiger partial charge < -0.3 is 10.4 Å². The van der Waals surface area contributed by atoms with E-state index in [-0.39, 0.29) is 30.5 Å². The van der Waals surface area contributed by atoms with Gasteiger partial charge in [0.1, 0.15) is 17.9 Å². The van der Waals surface area contributed by atoms with Crippen molar-refractivity contribution in [3.8, 4) is 0 Å². The number of hydrogen-bond acceptors (Lipinski definition) is 5.